The fraction of sp³-hybridized carbons (Fsp3) is 0.208. The number of rotatable bonds is 4. The number of aromatic hydroxyl groups is 1. The highest BCUT2D eigenvalue weighted by atomic mass is 16.7. The molecule has 5 rings (SSSR count). The Morgan fingerprint density at radius 2 is 1.75 bits per heavy atom. The van der Waals surface area contributed by atoms with E-state index in [-0.39, 0.29) is 34.0 Å². The highest BCUT2D eigenvalue weighted by Gasteiger charge is 2.37. The maximum atomic E-state index is 13.1. The summed E-state index contributed by atoms with van der Waals surface area (Å²) >= 11 is 0. The van der Waals surface area contributed by atoms with E-state index in [9.17, 15) is 9.90 Å². The van der Waals surface area contributed by atoms with Crippen molar-refractivity contribution in [1.82, 2.24) is 0 Å². The van der Waals surface area contributed by atoms with Gasteiger partial charge in [-0.3, -0.25) is 4.79 Å². The molecule has 0 saturated heterocycles. The molecule has 0 fully saturated rings. The quantitative estimate of drug-likeness (QED) is 0.477. The second-order valence-corrected chi connectivity index (χ2v) is 7.23. The van der Waals surface area contributed by atoms with Crippen LogP contribution in [0.4, 0.5) is 0 Å². The van der Waals surface area contributed by atoms with Gasteiger partial charge < -0.3 is 33.2 Å². The number of benzene rings is 3. The number of para-hydroxylation sites is 1. The maximum Gasteiger partial charge on any atom is 0.241 e. The molecule has 1 N–H and O–H groups in total. The lowest BCUT2D eigenvalue weighted by molar-refractivity contribution is -0.138. The minimum atomic E-state index is -0.827. The highest BCUT2D eigenvalue weighted by molar-refractivity contribution is 5.95. The largest absolute Gasteiger partial charge is 0.504 e. The smallest absolute Gasteiger partial charge is 0.241 e. The molecule has 2 heterocycles. The summed E-state index contributed by atoms with van der Waals surface area (Å²) in [5.74, 6) is 1.11. The molecule has 0 spiro atoms. The molecule has 8 heteroatoms. The molecular formula is C24H20O8. The first-order valence-electron chi connectivity index (χ1n) is 9.85. The minimum Gasteiger partial charge on any atom is -0.504 e. The first kappa shape index (κ1) is 20.0. The third-order valence-electron chi connectivity index (χ3n) is 5.45. The molecular weight excluding hydrogens is 416 g/mol. The number of ether oxygens (including phenoxy) is 5. The fourth-order valence-corrected chi connectivity index (χ4v) is 3.89. The van der Waals surface area contributed by atoms with Gasteiger partial charge in [-0.1, -0.05) is 18.2 Å². The zero-order valence-electron chi connectivity index (χ0n) is 17.6. The highest BCUT2D eigenvalue weighted by Crippen LogP contribution is 2.49. The summed E-state index contributed by atoms with van der Waals surface area (Å²) in [6.45, 7) is 0. The van der Waals surface area contributed by atoms with Crippen LogP contribution in [0.2, 0.25) is 0 Å². The van der Waals surface area contributed by atoms with Crippen molar-refractivity contribution in [2.24, 2.45) is 0 Å². The second-order valence-electron chi connectivity index (χ2n) is 7.23. The molecule has 0 radical (unpaired) electrons. The fourth-order valence-electron chi connectivity index (χ4n) is 3.89. The van der Waals surface area contributed by atoms with E-state index in [0.717, 1.165) is 0 Å². The van der Waals surface area contributed by atoms with Crippen LogP contribution >= 0.6 is 0 Å². The number of phenols is 1. The summed E-state index contributed by atoms with van der Waals surface area (Å²) in [5, 5.41) is 10.7. The Balaban J connectivity index is 1.71. The second kappa shape index (κ2) is 7.65. The van der Waals surface area contributed by atoms with E-state index in [1.807, 2.05) is 0 Å². The normalized spacial score (nSPS) is 17.5. The molecule has 164 valence electrons. The van der Waals surface area contributed by atoms with Gasteiger partial charge in [0.05, 0.1) is 25.0 Å². The van der Waals surface area contributed by atoms with E-state index in [0.29, 0.717) is 27.7 Å². The molecule has 1 aliphatic rings. The summed E-state index contributed by atoms with van der Waals surface area (Å²) in [7, 11) is 4.42. The molecule has 8 nitrogen and oxygen atoms in total. The number of methoxy groups -OCH3 is 3. The van der Waals surface area contributed by atoms with Crippen LogP contribution in [0, 0.1) is 0 Å². The van der Waals surface area contributed by atoms with Gasteiger partial charge in [-0.25, -0.2) is 0 Å². The average molecular weight is 436 g/mol. The van der Waals surface area contributed by atoms with Crippen LogP contribution in [0.25, 0.3) is 21.9 Å². The van der Waals surface area contributed by atoms with Gasteiger partial charge in [-0.15, -0.1) is 0 Å². The van der Waals surface area contributed by atoms with Crippen LogP contribution in [0.5, 0.6) is 28.7 Å². The van der Waals surface area contributed by atoms with Crippen LogP contribution in [0.15, 0.2) is 57.7 Å². The lowest BCUT2D eigenvalue weighted by atomic mass is 10.1. The molecule has 1 aliphatic heterocycles. The minimum absolute atomic E-state index is 0.000396. The monoisotopic (exact) mass is 436 g/mol. The van der Waals surface area contributed by atoms with Gasteiger partial charge in [0, 0.05) is 12.7 Å². The average Bonchev–Trinajstić information content (AvgIpc) is 2.82. The maximum absolute atomic E-state index is 13.1. The van der Waals surface area contributed by atoms with Gasteiger partial charge in [0.2, 0.25) is 23.2 Å². The first-order chi connectivity index (χ1) is 15.5. The van der Waals surface area contributed by atoms with Crippen molar-refractivity contribution in [2.75, 3.05) is 21.3 Å². The summed E-state index contributed by atoms with van der Waals surface area (Å²) in [4.78, 5) is 13.1. The number of fused-ring (bicyclic) bond motifs is 3. The third-order valence-corrected chi connectivity index (χ3v) is 5.45. The van der Waals surface area contributed by atoms with Crippen molar-refractivity contribution in [3.63, 3.8) is 0 Å². The summed E-state index contributed by atoms with van der Waals surface area (Å²) in [5.41, 5.74) is 1.15. The first-order valence-corrected chi connectivity index (χ1v) is 9.85. The Labute approximate surface area is 182 Å². The standard InChI is InChI=1S/C24H20O8/c1-27-17-10-12(8-9-15(17)25)20-24(29-3)31-18-11-14-19(26)13-6-4-5-7-16(13)30-21(14)23(28-2)22(18)32-20/h4-11,20,24-25H,1-3H3/t20-,24+/m0/s1. The number of phenolic OH excluding ortho intramolecular Hbond substituents is 1. The molecule has 0 aliphatic carbocycles. The molecule has 0 unspecified atom stereocenters. The SMILES string of the molecule is COc1cc([C@@H]2Oc3c(cc4c(=O)c5ccccc5oc4c3OC)O[C@H]2OC)ccc1O. The molecule has 4 aromatic rings. The van der Waals surface area contributed by atoms with Crippen molar-refractivity contribution < 1.29 is 33.2 Å². The predicted octanol–water partition coefficient (Wildman–Crippen LogP) is 4.15. The summed E-state index contributed by atoms with van der Waals surface area (Å²) in [6, 6.07) is 13.4. The van der Waals surface area contributed by atoms with Crippen LogP contribution in [0.3, 0.4) is 0 Å². The van der Waals surface area contributed by atoms with Crippen LogP contribution in [0.1, 0.15) is 11.7 Å². The molecule has 1 aromatic heterocycles. The van der Waals surface area contributed by atoms with Gasteiger partial charge in [0.25, 0.3) is 0 Å². The zero-order valence-corrected chi connectivity index (χ0v) is 17.6. The van der Waals surface area contributed by atoms with Crippen LogP contribution in [-0.4, -0.2) is 32.7 Å². The van der Waals surface area contributed by atoms with Crippen LogP contribution < -0.4 is 24.4 Å². The van der Waals surface area contributed by atoms with E-state index < -0.39 is 12.4 Å². The molecule has 0 bridgehead atoms. The summed E-state index contributed by atoms with van der Waals surface area (Å²) in [6.07, 6.45) is -1.54. The Kier molecular flexibility index (Phi) is 4.79. The molecule has 0 saturated carbocycles. The van der Waals surface area contributed by atoms with Gasteiger partial charge in [-0.2, -0.15) is 0 Å². The molecule has 32 heavy (non-hydrogen) atoms. The summed E-state index contributed by atoms with van der Waals surface area (Å²) < 4.78 is 34.7. The third kappa shape index (κ3) is 2.99. The van der Waals surface area contributed by atoms with Crippen molar-refractivity contribution in [3.8, 4) is 28.7 Å². The Hall–Kier alpha value is -3.91. The predicted molar refractivity (Wildman–Crippen MR) is 116 cm³/mol. The van der Waals surface area contributed by atoms with Crippen molar-refractivity contribution in [1.29, 1.82) is 0 Å². The Morgan fingerprint density at radius 3 is 2.50 bits per heavy atom. The van der Waals surface area contributed by atoms with E-state index in [4.69, 9.17) is 28.1 Å². The van der Waals surface area contributed by atoms with Crippen molar-refractivity contribution in [2.45, 2.75) is 12.4 Å². The van der Waals surface area contributed by atoms with E-state index in [2.05, 4.69) is 0 Å². The van der Waals surface area contributed by atoms with E-state index in [1.54, 1.807) is 42.5 Å². The number of hydrogen-bond acceptors (Lipinski definition) is 8. The Bertz CT molecular complexity index is 1390. The number of hydrogen-bond donors (Lipinski definition) is 1. The van der Waals surface area contributed by atoms with Gasteiger partial charge in [0.15, 0.2) is 28.9 Å². The zero-order chi connectivity index (χ0) is 22.4. The van der Waals surface area contributed by atoms with Crippen molar-refractivity contribution >= 4 is 21.9 Å². The molecule has 2 atom stereocenters. The lowest BCUT2D eigenvalue weighted by Crippen LogP contribution is -2.35. The molecule has 3 aromatic carbocycles. The van der Waals surface area contributed by atoms with Gasteiger partial charge in [0.1, 0.15) is 5.58 Å². The van der Waals surface area contributed by atoms with Gasteiger partial charge >= 0.3 is 0 Å². The topological polar surface area (TPSA) is 96.6 Å². The van der Waals surface area contributed by atoms with Crippen molar-refractivity contribution in [3.05, 3.63) is 64.3 Å². The molecule has 0 amide bonds. The van der Waals surface area contributed by atoms with Crippen LogP contribution in [-0.2, 0) is 4.74 Å². The Morgan fingerprint density at radius 1 is 0.938 bits per heavy atom. The van der Waals surface area contributed by atoms with E-state index in [1.165, 1.54) is 27.4 Å². The van der Waals surface area contributed by atoms with E-state index >= 15 is 0 Å². The van der Waals surface area contributed by atoms with Gasteiger partial charge in [-0.05, 0) is 30.3 Å². The lowest BCUT2D eigenvalue weighted by Gasteiger charge is -2.34.